The topological polar surface area (TPSA) is 33.3 Å². The summed E-state index contributed by atoms with van der Waals surface area (Å²) in [6.45, 7) is 5.39. The molecule has 0 aliphatic carbocycles. The predicted octanol–water partition coefficient (Wildman–Crippen LogP) is 4.58. The first kappa shape index (κ1) is 17.6. The number of thiocarbonyl (C=S) groups is 1. The Morgan fingerprint density at radius 3 is 2.74 bits per heavy atom. The highest BCUT2D eigenvalue weighted by Gasteiger charge is 2.04. The molecule has 0 heterocycles. The van der Waals surface area contributed by atoms with Crippen LogP contribution in [0.5, 0.6) is 5.75 Å². The summed E-state index contributed by atoms with van der Waals surface area (Å²) < 4.78 is 5.63. The van der Waals surface area contributed by atoms with Crippen LogP contribution in [0.25, 0.3) is 0 Å². The van der Waals surface area contributed by atoms with Gasteiger partial charge in [0.05, 0.1) is 6.61 Å². The zero-order valence-electron chi connectivity index (χ0n) is 13.4. The molecule has 0 atom stereocenters. The molecular weight excluding hydrogens is 328 g/mol. The van der Waals surface area contributed by atoms with Gasteiger partial charge in [0.15, 0.2) is 5.11 Å². The third kappa shape index (κ3) is 5.41. The number of halogens is 1. The van der Waals surface area contributed by atoms with Crippen LogP contribution in [0.2, 0.25) is 5.02 Å². The molecule has 0 amide bonds. The molecule has 0 saturated carbocycles. The second kappa shape index (κ2) is 8.75. The summed E-state index contributed by atoms with van der Waals surface area (Å²) in [5.74, 6) is 0.934. The Hall–Kier alpha value is -1.78. The molecule has 0 aliphatic rings. The fourth-order valence-corrected chi connectivity index (χ4v) is 2.69. The van der Waals surface area contributed by atoms with Gasteiger partial charge in [-0.2, -0.15) is 0 Å². The lowest BCUT2D eigenvalue weighted by atomic mass is 10.1. The number of ether oxygens (including phenoxy) is 1. The van der Waals surface area contributed by atoms with E-state index in [4.69, 9.17) is 28.6 Å². The molecule has 3 nitrogen and oxygen atoms in total. The zero-order chi connectivity index (χ0) is 16.7. The molecule has 2 N–H and O–H groups in total. The van der Waals surface area contributed by atoms with Gasteiger partial charge in [0.1, 0.15) is 5.75 Å². The minimum Gasteiger partial charge on any atom is -0.494 e. The molecule has 2 rings (SSSR count). The number of rotatable bonds is 6. The van der Waals surface area contributed by atoms with Gasteiger partial charge in [-0.1, -0.05) is 29.8 Å². The van der Waals surface area contributed by atoms with Crippen molar-refractivity contribution in [2.45, 2.75) is 20.3 Å². The summed E-state index contributed by atoms with van der Waals surface area (Å²) in [5, 5.41) is 7.74. The number of anilines is 1. The lowest BCUT2D eigenvalue weighted by molar-refractivity contribution is 0.336. The zero-order valence-corrected chi connectivity index (χ0v) is 14.9. The smallest absolute Gasteiger partial charge is 0.170 e. The highest BCUT2D eigenvalue weighted by atomic mass is 35.5. The van der Waals surface area contributed by atoms with Crippen molar-refractivity contribution >= 4 is 34.6 Å². The number of aryl methyl sites for hydroxylation is 1. The van der Waals surface area contributed by atoms with Crippen molar-refractivity contribution in [2.24, 2.45) is 0 Å². The number of para-hydroxylation sites is 1. The second-order valence-corrected chi connectivity index (χ2v) is 5.98. The summed E-state index contributed by atoms with van der Waals surface area (Å²) >= 11 is 11.3. The van der Waals surface area contributed by atoms with Gasteiger partial charge in [0.2, 0.25) is 0 Å². The van der Waals surface area contributed by atoms with Gasteiger partial charge in [-0.15, -0.1) is 0 Å². The van der Waals surface area contributed by atoms with E-state index >= 15 is 0 Å². The molecule has 23 heavy (non-hydrogen) atoms. The van der Waals surface area contributed by atoms with Gasteiger partial charge < -0.3 is 15.4 Å². The van der Waals surface area contributed by atoms with Crippen molar-refractivity contribution in [2.75, 3.05) is 18.5 Å². The van der Waals surface area contributed by atoms with E-state index < -0.39 is 0 Å². The third-order valence-electron chi connectivity index (χ3n) is 3.39. The molecule has 0 aliphatic heterocycles. The van der Waals surface area contributed by atoms with Gasteiger partial charge in [-0.25, -0.2) is 0 Å². The molecule has 122 valence electrons. The van der Waals surface area contributed by atoms with E-state index in [1.807, 2.05) is 50.2 Å². The molecule has 5 heteroatoms. The fourth-order valence-electron chi connectivity index (χ4n) is 2.25. The molecule has 2 aromatic rings. The fraction of sp³-hybridized carbons (Fsp3) is 0.278. The van der Waals surface area contributed by atoms with Crippen molar-refractivity contribution in [1.29, 1.82) is 0 Å². The largest absolute Gasteiger partial charge is 0.494 e. The molecule has 0 fully saturated rings. The first-order chi connectivity index (χ1) is 11.1. The van der Waals surface area contributed by atoms with Crippen LogP contribution >= 0.6 is 23.8 Å². The molecule has 0 bridgehead atoms. The predicted molar refractivity (Wildman–Crippen MR) is 102 cm³/mol. The lowest BCUT2D eigenvalue weighted by Gasteiger charge is -2.14. The summed E-state index contributed by atoms with van der Waals surface area (Å²) in [5.41, 5.74) is 3.19. The highest BCUT2D eigenvalue weighted by Crippen LogP contribution is 2.20. The first-order valence-electron chi connectivity index (χ1n) is 7.62. The molecule has 2 aromatic carbocycles. The maximum absolute atomic E-state index is 5.96. The Morgan fingerprint density at radius 2 is 2.00 bits per heavy atom. The van der Waals surface area contributed by atoms with Crippen molar-refractivity contribution in [3.8, 4) is 5.75 Å². The van der Waals surface area contributed by atoms with Crippen LogP contribution in [0.4, 0.5) is 5.69 Å². The monoisotopic (exact) mass is 348 g/mol. The van der Waals surface area contributed by atoms with Gasteiger partial charge in [-0.3, -0.25) is 0 Å². The van der Waals surface area contributed by atoms with Crippen molar-refractivity contribution in [3.05, 3.63) is 58.6 Å². The SMILES string of the molecule is CCOc1ccccc1CCNC(=S)Nc1ccc(Cl)cc1C. The maximum atomic E-state index is 5.96. The van der Waals surface area contributed by atoms with E-state index in [2.05, 4.69) is 16.7 Å². The maximum Gasteiger partial charge on any atom is 0.170 e. The number of benzene rings is 2. The average Bonchev–Trinajstić information content (AvgIpc) is 2.52. The van der Waals surface area contributed by atoms with Crippen molar-refractivity contribution < 1.29 is 4.74 Å². The van der Waals surface area contributed by atoms with E-state index in [1.165, 1.54) is 5.56 Å². The molecular formula is C18H21ClN2OS. The Kier molecular flexibility index (Phi) is 6.68. The van der Waals surface area contributed by atoms with Gasteiger partial charge in [0.25, 0.3) is 0 Å². The summed E-state index contributed by atoms with van der Waals surface area (Å²) in [6, 6.07) is 13.8. The van der Waals surface area contributed by atoms with Crippen LogP contribution < -0.4 is 15.4 Å². The Balaban J connectivity index is 1.85. The first-order valence-corrected chi connectivity index (χ1v) is 8.40. The third-order valence-corrected chi connectivity index (χ3v) is 3.87. The number of hydrogen-bond donors (Lipinski definition) is 2. The highest BCUT2D eigenvalue weighted by molar-refractivity contribution is 7.80. The van der Waals surface area contributed by atoms with Crippen LogP contribution in [0, 0.1) is 6.92 Å². The van der Waals surface area contributed by atoms with E-state index in [1.54, 1.807) is 0 Å². The number of nitrogens with one attached hydrogen (secondary N) is 2. The van der Waals surface area contributed by atoms with Crippen molar-refractivity contribution in [3.63, 3.8) is 0 Å². The molecule has 0 spiro atoms. The quantitative estimate of drug-likeness (QED) is 0.749. The Bertz CT molecular complexity index is 676. The summed E-state index contributed by atoms with van der Waals surface area (Å²) in [7, 11) is 0. The Morgan fingerprint density at radius 1 is 1.22 bits per heavy atom. The van der Waals surface area contributed by atoms with Crippen LogP contribution in [0.15, 0.2) is 42.5 Å². The lowest BCUT2D eigenvalue weighted by Crippen LogP contribution is -2.30. The van der Waals surface area contributed by atoms with E-state index in [0.717, 1.165) is 35.0 Å². The van der Waals surface area contributed by atoms with Crippen LogP contribution in [-0.4, -0.2) is 18.3 Å². The summed E-state index contributed by atoms with van der Waals surface area (Å²) in [6.07, 6.45) is 0.845. The summed E-state index contributed by atoms with van der Waals surface area (Å²) in [4.78, 5) is 0. The standard InChI is InChI=1S/C18H21ClN2OS/c1-3-22-17-7-5-4-6-14(17)10-11-20-18(23)21-16-9-8-15(19)12-13(16)2/h4-9,12H,3,10-11H2,1-2H3,(H2,20,21,23). The number of hydrogen-bond acceptors (Lipinski definition) is 2. The molecule has 0 saturated heterocycles. The van der Waals surface area contributed by atoms with Crippen LogP contribution in [-0.2, 0) is 6.42 Å². The van der Waals surface area contributed by atoms with Gasteiger partial charge >= 0.3 is 0 Å². The Labute approximate surface area is 148 Å². The van der Waals surface area contributed by atoms with E-state index in [-0.39, 0.29) is 0 Å². The normalized spacial score (nSPS) is 10.2. The molecule has 0 unspecified atom stereocenters. The van der Waals surface area contributed by atoms with Crippen molar-refractivity contribution in [1.82, 2.24) is 5.32 Å². The minimum absolute atomic E-state index is 0.601. The van der Waals surface area contributed by atoms with Gasteiger partial charge in [-0.05, 0) is 67.9 Å². The molecule has 0 aromatic heterocycles. The minimum atomic E-state index is 0.601. The van der Waals surface area contributed by atoms with Gasteiger partial charge in [0, 0.05) is 17.3 Å². The van der Waals surface area contributed by atoms with Crippen LogP contribution in [0.3, 0.4) is 0 Å². The second-order valence-electron chi connectivity index (χ2n) is 5.13. The molecule has 0 radical (unpaired) electrons. The van der Waals surface area contributed by atoms with E-state index in [0.29, 0.717) is 11.7 Å². The average molecular weight is 349 g/mol. The van der Waals surface area contributed by atoms with E-state index in [9.17, 15) is 0 Å². The van der Waals surface area contributed by atoms with Crippen LogP contribution in [0.1, 0.15) is 18.1 Å².